The Kier molecular flexibility index (Phi) is 5.61. The number of benzene rings is 1. The highest BCUT2D eigenvalue weighted by atomic mass is 32.2. The lowest BCUT2D eigenvalue weighted by Gasteiger charge is -2.25. The van der Waals surface area contributed by atoms with Crippen LogP contribution in [0, 0.1) is 0 Å². The summed E-state index contributed by atoms with van der Waals surface area (Å²) in [7, 11) is 0. The number of rotatable bonds is 6. The van der Waals surface area contributed by atoms with Crippen molar-refractivity contribution in [2.75, 3.05) is 42.3 Å². The topological polar surface area (TPSA) is 115 Å². The van der Waals surface area contributed by atoms with Crippen LogP contribution in [0.1, 0.15) is 5.82 Å². The monoisotopic (exact) mass is 402 g/mol. The Labute approximate surface area is 164 Å². The Morgan fingerprint density at radius 2 is 1.93 bits per heavy atom. The Morgan fingerprint density at radius 1 is 1.11 bits per heavy atom. The second-order valence-electron chi connectivity index (χ2n) is 5.66. The molecule has 0 spiro atoms. The zero-order valence-electron chi connectivity index (χ0n) is 14.4. The highest BCUT2D eigenvalue weighted by molar-refractivity contribution is 8.00. The van der Waals surface area contributed by atoms with Crippen LogP contribution < -0.4 is 16.0 Å². The molecule has 0 saturated carbocycles. The maximum Gasteiger partial charge on any atom is 0.232 e. The van der Waals surface area contributed by atoms with E-state index in [1.807, 2.05) is 30.3 Å². The first kappa shape index (κ1) is 17.9. The lowest BCUT2D eigenvalue weighted by atomic mass is 10.3. The van der Waals surface area contributed by atoms with Crippen LogP contribution in [0.15, 0.2) is 34.7 Å². The first-order valence-electron chi connectivity index (χ1n) is 8.38. The Morgan fingerprint density at radius 3 is 2.74 bits per heavy atom. The van der Waals surface area contributed by atoms with Gasteiger partial charge in [0.1, 0.15) is 5.82 Å². The number of para-hydroxylation sites is 1. The van der Waals surface area contributed by atoms with Crippen LogP contribution in [0.25, 0.3) is 0 Å². The van der Waals surface area contributed by atoms with E-state index in [2.05, 4.69) is 35.4 Å². The standard InChI is InChI=1S/C16H18N8OS2/c17-13-19-12(20-14(21-13)18-11-4-2-1-3-5-11)10-26-16-23-22-15(27-16)24-6-8-25-9-7-24/h1-5H,6-10H2,(H3,17,18,19,20,21). The van der Waals surface area contributed by atoms with Crippen molar-refractivity contribution in [3.8, 4) is 0 Å². The zero-order chi connectivity index (χ0) is 18.5. The van der Waals surface area contributed by atoms with Crippen molar-refractivity contribution < 1.29 is 4.74 Å². The first-order valence-corrected chi connectivity index (χ1v) is 10.2. The van der Waals surface area contributed by atoms with E-state index in [1.54, 1.807) is 11.3 Å². The molecule has 27 heavy (non-hydrogen) atoms. The predicted octanol–water partition coefficient (Wildman–Crippen LogP) is 2.18. The van der Waals surface area contributed by atoms with Crippen LogP contribution in [0.3, 0.4) is 0 Å². The molecule has 1 aliphatic heterocycles. The second kappa shape index (κ2) is 8.46. The fourth-order valence-corrected chi connectivity index (χ4v) is 4.23. The predicted molar refractivity (Wildman–Crippen MR) is 106 cm³/mol. The molecule has 9 nitrogen and oxygen atoms in total. The van der Waals surface area contributed by atoms with E-state index in [1.165, 1.54) is 11.8 Å². The minimum absolute atomic E-state index is 0.185. The molecule has 0 atom stereocenters. The van der Waals surface area contributed by atoms with Crippen LogP contribution in [0.2, 0.25) is 0 Å². The molecule has 0 radical (unpaired) electrons. The molecule has 0 aliphatic carbocycles. The van der Waals surface area contributed by atoms with Crippen LogP contribution in [0.4, 0.5) is 22.7 Å². The summed E-state index contributed by atoms with van der Waals surface area (Å²) in [6.07, 6.45) is 0. The van der Waals surface area contributed by atoms with Crippen LogP contribution in [-0.2, 0) is 10.5 Å². The van der Waals surface area contributed by atoms with Gasteiger partial charge in [0.2, 0.25) is 17.0 Å². The average Bonchev–Trinajstić information content (AvgIpc) is 3.17. The highest BCUT2D eigenvalue weighted by Gasteiger charge is 2.16. The maximum absolute atomic E-state index is 5.83. The number of morpholine rings is 1. The molecular formula is C16H18N8OS2. The molecule has 3 heterocycles. The van der Waals surface area contributed by atoms with E-state index in [9.17, 15) is 0 Å². The smallest absolute Gasteiger partial charge is 0.232 e. The lowest BCUT2D eigenvalue weighted by molar-refractivity contribution is 0.122. The van der Waals surface area contributed by atoms with E-state index in [4.69, 9.17) is 10.5 Å². The van der Waals surface area contributed by atoms with Gasteiger partial charge in [-0.3, -0.25) is 0 Å². The molecule has 0 amide bonds. The summed E-state index contributed by atoms with van der Waals surface area (Å²) in [5.74, 6) is 1.74. The van der Waals surface area contributed by atoms with Gasteiger partial charge in [0.25, 0.3) is 0 Å². The number of nitrogen functional groups attached to an aromatic ring is 1. The van der Waals surface area contributed by atoms with Gasteiger partial charge in [-0.1, -0.05) is 41.3 Å². The first-order chi connectivity index (χ1) is 13.3. The van der Waals surface area contributed by atoms with Crippen molar-refractivity contribution in [2.45, 2.75) is 10.1 Å². The molecule has 0 unspecified atom stereocenters. The highest BCUT2D eigenvalue weighted by Crippen LogP contribution is 2.30. The normalized spacial score (nSPS) is 14.3. The zero-order valence-corrected chi connectivity index (χ0v) is 16.0. The quantitative estimate of drug-likeness (QED) is 0.594. The van der Waals surface area contributed by atoms with E-state index >= 15 is 0 Å². The van der Waals surface area contributed by atoms with Crippen molar-refractivity contribution in [3.05, 3.63) is 36.2 Å². The summed E-state index contributed by atoms with van der Waals surface area (Å²) in [6.45, 7) is 3.14. The minimum atomic E-state index is 0.185. The molecule has 140 valence electrons. The van der Waals surface area contributed by atoms with Gasteiger partial charge in [0.05, 0.1) is 19.0 Å². The summed E-state index contributed by atoms with van der Waals surface area (Å²) >= 11 is 3.10. The molecule has 0 bridgehead atoms. The fraction of sp³-hybridized carbons (Fsp3) is 0.312. The van der Waals surface area contributed by atoms with E-state index in [0.717, 1.165) is 41.5 Å². The Bertz CT molecular complexity index is 885. The number of nitrogens with one attached hydrogen (secondary N) is 1. The van der Waals surface area contributed by atoms with Crippen LogP contribution in [-0.4, -0.2) is 51.5 Å². The third-order valence-electron chi connectivity index (χ3n) is 3.73. The number of hydrogen-bond donors (Lipinski definition) is 2. The van der Waals surface area contributed by atoms with Crippen molar-refractivity contribution >= 4 is 45.8 Å². The van der Waals surface area contributed by atoms with Gasteiger partial charge in [0.15, 0.2) is 4.34 Å². The number of hydrogen-bond acceptors (Lipinski definition) is 11. The molecule has 1 saturated heterocycles. The molecule has 1 fully saturated rings. The van der Waals surface area contributed by atoms with Gasteiger partial charge in [0, 0.05) is 18.8 Å². The molecule has 1 aromatic carbocycles. The van der Waals surface area contributed by atoms with E-state index < -0.39 is 0 Å². The Hall–Kier alpha value is -2.50. The van der Waals surface area contributed by atoms with Crippen molar-refractivity contribution in [1.82, 2.24) is 25.1 Å². The van der Waals surface area contributed by atoms with Gasteiger partial charge in [-0.2, -0.15) is 15.0 Å². The third kappa shape index (κ3) is 4.81. The van der Waals surface area contributed by atoms with Gasteiger partial charge < -0.3 is 20.7 Å². The van der Waals surface area contributed by atoms with Gasteiger partial charge in [-0.15, -0.1) is 10.2 Å². The molecule has 3 aromatic rings. The molecule has 3 N–H and O–H groups in total. The Balaban J connectivity index is 1.40. The number of nitrogens with two attached hydrogens (primary N) is 1. The SMILES string of the molecule is Nc1nc(CSc2nnc(N3CCOCC3)s2)nc(Nc2ccccc2)n1. The molecular weight excluding hydrogens is 384 g/mol. The number of nitrogens with zero attached hydrogens (tertiary/aromatic N) is 6. The van der Waals surface area contributed by atoms with E-state index in [0.29, 0.717) is 17.5 Å². The largest absolute Gasteiger partial charge is 0.378 e. The average molecular weight is 403 g/mol. The van der Waals surface area contributed by atoms with E-state index in [-0.39, 0.29) is 5.95 Å². The summed E-state index contributed by atoms with van der Waals surface area (Å²) < 4.78 is 6.24. The molecule has 11 heteroatoms. The number of aromatic nitrogens is 5. The van der Waals surface area contributed by atoms with Crippen molar-refractivity contribution in [2.24, 2.45) is 0 Å². The number of ether oxygens (including phenoxy) is 1. The third-order valence-corrected chi connectivity index (χ3v) is 5.84. The molecule has 4 rings (SSSR count). The number of anilines is 4. The maximum atomic E-state index is 5.83. The summed E-state index contributed by atoms with van der Waals surface area (Å²) in [5.41, 5.74) is 6.72. The molecule has 1 aliphatic rings. The van der Waals surface area contributed by atoms with Crippen molar-refractivity contribution in [1.29, 1.82) is 0 Å². The van der Waals surface area contributed by atoms with Crippen molar-refractivity contribution in [3.63, 3.8) is 0 Å². The lowest BCUT2D eigenvalue weighted by Crippen LogP contribution is -2.36. The summed E-state index contributed by atoms with van der Waals surface area (Å²) in [6, 6.07) is 9.68. The minimum Gasteiger partial charge on any atom is -0.378 e. The van der Waals surface area contributed by atoms with Gasteiger partial charge in [-0.25, -0.2) is 0 Å². The fourth-order valence-electron chi connectivity index (χ4n) is 2.48. The van der Waals surface area contributed by atoms with Crippen LogP contribution >= 0.6 is 23.1 Å². The number of thioether (sulfide) groups is 1. The summed E-state index contributed by atoms with van der Waals surface area (Å²) in [5, 5.41) is 12.6. The second-order valence-corrected chi connectivity index (χ2v) is 7.84. The van der Waals surface area contributed by atoms with Crippen LogP contribution in [0.5, 0.6) is 0 Å². The summed E-state index contributed by atoms with van der Waals surface area (Å²) in [4.78, 5) is 15.0. The van der Waals surface area contributed by atoms with Gasteiger partial charge in [-0.05, 0) is 12.1 Å². The van der Waals surface area contributed by atoms with Gasteiger partial charge >= 0.3 is 0 Å². The molecule has 2 aromatic heterocycles.